The summed E-state index contributed by atoms with van der Waals surface area (Å²) in [5.74, 6) is -3.95. The van der Waals surface area contributed by atoms with Gasteiger partial charge in [-0.1, -0.05) is 19.0 Å². The Bertz CT molecular complexity index is 1280. The van der Waals surface area contributed by atoms with E-state index < -0.39 is 109 Å². The highest BCUT2D eigenvalue weighted by atomic mass is 16.6. The number of nitrogens with zero attached hydrogens (tertiary/aromatic N) is 3. The first-order chi connectivity index (χ1) is 23.9. The van der Waals surface area contributed by atoms with Crippen molar-refractivity contribution in [1.82, 2.24) is 10.6 Å². The lowest BCUT2D eigenvalue weighted by atomic mass is 9.84. The Labute approximate surface area is 295 Å². The highest BCUT2D eigenvalue weighted by molar-refractivity contribution is 5.80. The van der Waals surface area contributed by atoms with Crippen molar-refractivity contribution in [3.63, 3.8) is 0 Å². The molecule has 2 rings (SSSR count). The highest BCUT2D eigenvalue weighted by Crippen LogP contribution is 2.34. The van der Waals surface area contributed by atoms with E-state index in [2.05, 4.69) is 27.2 Å². The molecule has 0 spiro atoms. The van der Waals surface area contributed by atoms with Gasteiger partial charge in [0.25, 0.3) is 0 Å². The van der Waals surface area contributed by atoms with E-state index in [4.69, 9.17) is 38.7 Å². The second-order valence-corrected chi connectivity index (χ2v) is 12.9. The molecule has 2 aliphatic heterocycles. The molecule has 51 heavy (non-hydrogen) atoms. The van der Waals surface area contributed by atoms with Crippen molar-refractivity contribution < 1.29 is 72.8 Å². The summed E-state index contributed by atoms with van der Waals surface area (Å²) in [6.45, 7) is 9.39. The molecule has 2 saturated heterocycles. The fourth-order valence-electron chi connectivity index (χ4n) is 6.18. The number of nitrogens with one attached hydrogen (secondary N) is 2. The summed E-state index contributed by atoms with van der Waals surface area (Å²) in [4.78, 5) is 53.0. The average Bonchev–Trinajstić information content (AvgIpc) is 3.65. The van der Waals surface area contributed by atoms with Gasteiger partial charge in [-0.2, -0.15) is 0 Å². The molecule has 2 fully saturated rings. The summed E-state index contributed by atoms with van der Waals surface area (Å²) in [7, 11) is 2.28. The molecule has 2 aliphatic rings. The van der Waals surface area contributed by atoms with E-state index in [-0.39, 0.29) is 31.9 Å². The Balaban J connectivity index is 2.31. The summed E-state index contributed by atoms with van der Waals surface area (Å²) in [5, 5.41) is 50.3. The lowest BCUT2D eigenvalue weighted by Crippen LogP contribution is -2.53. The zero-order chi connectivity index (χ0) is 38.7. The zero-order valence-corrected chi connectivity index (χ0v) is 29.8. The van der Waals surface area contributed by atoms with E-state index in [1.54, 1.807) is 6.92 Å². The van der Waals surface area contributed by atoms with E-state index in [0.29, 0.717) is 0 Å². The fourth-order valence-corrected chi connectivity index (χ4v) is 6.18. The Hall–Kier alpha value is -3.91. The van der Waals surface area contributed by atoms with Crippen LogP contribution < -0.4 is 10.6 Å². The summed E-state index contributed by atoms with van der Waals surface area (Å²) >= 11 is 0. The van der Waals surface area contributed by atoms with Crippen molar-refractivity contribution in [2.45, 2.75) is 107 Å². The zero-order valence-electron chi connectivity index (χ0n) is 29.8. The molecule has 2 heterocycles. The van der Waals surface area contributed by atoms with Crippen molar-refractivity contribution in [2.24, 2.45) is 17.0 Å². The van der Waals surface area contributed by atoms with Gasteiger partial charge in [-0.05, 0) is 26.0 Å². The van der Waals surface area contributed by atoms with E-state index >= 15 is 0 Å². The number of aliphatic hydroxyl groups is 4. The SMILES string of the molecule is C=C1N[C@@H](C(C)[C@H](O)[C@@H](CO[C@@](C)(C[C@H]2OC(=O)N[C@H]2C(C)[C@H](O)[C@H](O)CO)C(=O)OC)OC(C)=O)[C@@H](C[C@](C)(OCCN=[N+]=[N-])C(=O)OC)O1. The Morgan fingerprint density at radius 2 is 1.49 bits per heavy atom. The van der Waals surface area contributed by atoms with Crippen LogP contribution in [0.3, 0.4) is 0 Å². The molecule has 1 amide bonds. The Morgan fingerprint density at radius 1 is 0.961 bits per heavy atom. The number of hydrogen-bond donors (Lipinski definition) is 6. The number of cyclic esters (lactones) is 1. The van der Waals surface area contributed by atoms with Crippen molar-refractivity contribution in [2.75, 3.05) is 40.6 Å². The van der Waals surface area contributed by atoms with Crippen LogP contribution in [0, 0.1) is 11.8 Å². The van der Waals surface area contributed by atoms with Crippen LogP contribution in [0.5, 0.6) is 0 Å². The van der Waals surface area contributed by atoms with Crippen molar-refractivity contribution >= 4 is 24.0 Å². The minimum absolute atomic E-state index is 0.0547. The summed E-state index contributed by atoms with van der Waals surface area (Å²) in [6, 6.07) is -1.68. The van der Waals surface area contributed by atoms with Crippen LogP contribution in [-0.2, 0) is 47.5 Å². The molecule has 0 aromatic rings. The molecule has 20 nitrogen and oxygen atoms in total. The van der Waals surface area contributed by atoms with Crippen molar-refractivity contribution in [3.8, 4) is 0 Å². The number of ether oxygens (including phenoxy) is 7. The van der Waals surface area contributed by atoms with E-state index in [1.807, 2.05) is 0 Å². The van der Waals surface area contributed by atoms with Crippen molar-refractivity contribution in [3.05, 3.63) is 22.9 Å². The second-order valence-electron chi connectivity index (χ2n) is 12.9. The number of carbonyl (C=O) groups excluding carboxylic acids is 4. The van der Waals surface area contributed by atoms with Crippen molar-refractivity contribution in [1.29, 1.82) is 0 Å². The minimum atomic E-state index is -1.87. The second kappa shape index (κ2) is 19.1. The molecule has 0 radical (unpaired) electrons. The number of amides is 1. The number of aliphatic hydroxyl groups excluding tert-OH is 4. The molecule has 290 valence electrons. The standard InChI is InChI=1S/C31H51N5O15/c1-15(25(40)19(39)13-37)24-21(51-29(44)35-24)12-31(6,28(43)46-8)48-14-22(50-18(4)38)26(41)16(2)23-20(49-17(3)34-23)11-30(5,27(42)45-7)47-10-9-33-36-32/h15-16,19-26,34,37,39-41H,3,9-14H2,1-2,4-8H3,(H,35,44)/t15?,16?,19-,20-,21-,22-,23+,24+,25+,26+,30+,31+/m1/s1. The molecule has 0 saturated carbocycles. The number of carbonyl (C=O) groups is 4. The summed E-state index contributed by atoms with van der Waals surface area (Å²) in [6.07, 6.45) is -9.08. The van der Waals surface area contributed by atoms with Crippen LogP contribution in [0.2, 0.25) is 0 Å². The molecule has 20 heteroatoms. The highest BCUT2D eigenvalue weighted by Gasteiger charge is 2.50. The van der Waals surface area contributed by atoms with Gasteiger partial charge in [0, 0.05) is 43.1 Å². The van der Waals surface area contributed by atoms with Gasteiger partial charge in [0.2, 0.25) is 0 Å². The molecule has 6 N–H and O–H groups in total. The number of rotatable bonds is 21. The third kappa shape index (κ3) is 11.3. The molecule has 0 bridgehead atoms. The fraction of sp³-hybridized carbons (Fsp3) is 0.806. The van der Waals surface area contributed by atoms with Gasteiger partial charge in [-0.25, -0.2) is 14.4 Å². The van der Waals surface area contributed by atoms with Crippen LogP contribution in [0.4, 0.5) is 4.79 Å². The maximum atomic E-state index is 13.1. The largest absolute Gasteiger partial charge is 0.474 e. The molecule has 2 unspecified atom stereocenters. The van der Waals surface area contributed by atoms with Crippen LogP contribution in [0.25, 0.3) is 10.4 Å². The molecular formula is C31H51N5O15. The van der Waals surface area contributed by atoms with Gasteiger partial charge in [0.1, 0.15) is 18.3 Å². The maximum Gasteiger partial charge on any atom is 0.407 e. The van der Waals surface area contributed by atoms with Crippen LogP contribution in [0.15, 0.2) is 17.6 Å². The number of esters is 3. The molecule has 0 aliphatic carbocycles. The molecule has 0 aromatic carbocycles. The predicted molar refractivity (Wildman–Crippen MR) is 173 cm³/mol. The first-order valence-electron chi connectivity index (χ1n) is 16.2. The molecular weight excluding hydrogens is 682 g/mol. The molecule has 0 aromatic heterocycles. The van der Waals surface area contributed by atoms with E-state index in [9.17, 15) is 39.6 Å². The van der Waals surface area contributed by atoms with Crippen LogP contribution >= 0.6 is 0 Å². The van der Waals surface area contributed by atoms with Gasteiger partial charge in [-0.3, -0.25) is 4.79 Å². The number of methoxy groups -OCH3 is 2. The minimum Gasteiger partial charge on any atom is -0.474 e. The van der Waals surface area contributed by atoms with Crippen LogP contribution in [-0.4, -0.2) is 145 Å². The Morgan fingerprint density at radius 3 is 2.02 bits per heavy atom. The van der Waals surface area contributed by atoms with E-state index in [1.165, 1.54) is 27.9 Å². The van der Waals surface area contributed by atoms with Gasteiger partial charge in [-0.15, -0.1) is 0 Å². The summed E-state index contributed by atoms with van der Waals surface area (Å²) in [5.41, 5.74) is 5.13. The normalized spacial score (nSPS) is 25.8. The number of azide groups is 1. The van der Waals surface area contributed by atoms with Gasteiger partial charge in [0.05, 0.1) is 58.3 Å². The topological polar surface area (TPSA) is 287 Å². The smallest absolute Gasteiger partial charge is 0.407 e. The number of alkyl carbamates (subject to hydrolysis) is 1. The first-order valence-corrected chi connectivity index (χ1v) is 16.2. The third-order valence-corrected chi connectivity index (χ3v) is 9.11. The lowest BCUT2D eigenvalue weighted by molar-refractivity contribution is -0.186. The number of hydrogen-bond acceptors (Lipinski definition) is 17. The lowest BCUT2D eigenvalue weighted by Gasteiger charge is -2.37. The van der Waals surface area contributed by atoms with Gasteiger partial charge < -0.3 is 64.2 Å². The monoisotopic (exact) mass is 733 g/mol. The van der Waals surface area contributed by atoms with E-state index in [0.717, 1.165) is 14.0 Å². The maximum absolute atomic E-state index is 13.1. The third-order valence-electron chi connectivity index (χ3n) is 9.11. The predicted octanol–water partition coefficient (Wildman–Crippen LogP) is -0.442. The average molecular weight is 734 g/mol. The van der Waals surface area contributed by atoms with Gasteiger partial charge >= 0.3 is 24.0 Å². The Kier molecular flexibility index (Phi) is 16.2. The quantitative estimate of drug-likeness (QED) is 0.0218. The van der Waals surface area contributed by atoms with Gasteiger partial charge in [0.15, 0.2) is 23.2 Å². The molecule has 12 atom stereocenters. The summed E-state index contributed by atoms with van der Waals surface area (Å²) < 4.78 is 38.3. The first kappa shape index (κ1) is 43.3. The van der Waals surface area contributed by atoms with Crippen LogP contribution in [0.1, 0.15) is 47.5 Å².